The third kappa shape index (κ3) is 17.3. The quantitative estimate of drug-likeness (QED) is 0.0438. The second kappa shape index (κ2) is 27.1. The fourth-order valence-corrected chi connectivity index (χ4v) is 6.52. The van der Waals surface area contributed by atoms with E-state index < -0.39 is 72.4 Å². The highest BCUT2D eigenvalue weighted by Crippen LogP contribution is 2.15. The molecule has 0 saturated carbocycles. The number of benzene rings is 2. The van der Waals surface area contributed by atoms with Crippen molar-refractivity contribution < 1.29 is 39.0 Å². The van der Waals surface area contributed by atoms with Crippen LogP contribution < -0.4 is 38.1 Å². The van der Waals surface area contributed by atoms with Gasteiger partial charge in [0.2, 0.25) is 29.5 Å². The number of aryl methyl sites for hydroxylation is 2. The molecular formula is C44H65N9O8. The van der Waals surface area contributed by atoms with Gasteiger partial charge in [0.05, 0.1) is 18.7 Å². The van der Waals surface area contributed by atoms with E-state index in [1.807, 2.05) is 19.2 Å². The van der Waals surface area contributed by atoms with Crippen molar-refractivity contribution in [2.24, 2.45) is 11.5 Å². The molecular weight excluding hydrogens is 783 g/mol. The van der Waals surface area contributed by atoms with Crippen LogP contribution in [0, 0.1) is 13.8 Å². The van der Waals surface area contributed by atoms with Gasteiger partial charge in [-0.3, -0.25) is 24.0 Å². The Hall–Kier alpha value is -5.88. The number of hydrogen-bond donors (Lipinski definition) is 10. The molecule has 2 aromatic carbocycles. The van der Waals surface area contributed by atoms with Crippen LogP contribution in [0.1, 0.15) is 60.6 Å². The average Bonchev–Trinajstić information content (AvgIpc) is 3.57. The fourth-order valence-electron chi connectivity index (χ4n) is 6.52. The SMILES string of the molecule is C=Cc1c(C)c[nH]c1C.CNC(C(=O)NC(Cc1ccccc1)C(=O)N(C)C(CCN)C(=O)NC(Cc1ccc(O)cc1)C(=O)NCC(=O)NC(C=O)CCCCN)C(C)O. The summed E-state index contributed by atoms with van der Waals surface area (Å²) in [4.78, 5) is 82.8. The Morgan fingerprint density at radius 1 is 0.852 bits per heavy atom. The maximum absolute atomic E-state index is 14.0. The van der Waals surface area contributed by atoms with Crippen LogP contribution >= 0.6 is 0 Å². The summed E-state index contributed by atoms with van der Waals surface area (Å²) in [5.74, 6) is -3.28. The third-order valence-electron chi connectivity index (χ3n) is 9.98. The van der Waals surface area contributed by atoms with E-state index in [4.69, 9.17) is 11.5 Å². The van der Waals surface area contributed by atoms with Gasteiger partial charge < -0.3 is 62.9 Å². The highest BCUT2D eigenvalue weighted by atomic mass is 16.3. The van der Waals surface area contributed by atoms with E-state index in [0.29, 0.717) is 37.7 Å². The summed E-state index contributed by atoms with van der Waals surface area (Å²) in [6.07, 6.45) is 5.15. The van der Waals surface area contributed by atoms with Gasteiger partial charge in [0.15, 0.2) is 0 Å². The smallest absolute Gasteiger partial charge is 0.245 e. The zero-order valence-corrected chi connectivity index (χ0v) is 35.9. The molecule has 0 aliphatic carbocycles. The van der Waals surface area contributed by atoms with E-state index in [2.05, 4.69) is 45.1 Å². The van der Waals surface area contributed by atoms with Crippen LogP contribution in [-0.4, -0.2) is 126 Å². The van der Waals surface area contributed by atoms with Crippen LogP contribution in [0.2, 0.25) is 0 Å². The molecule has 0 aliphatic heterocycles. The molecule has 6 unspecified atom stereocenters. The molecule has 17 heteroatoms. The number of H-pyrrole nitrogens is 1. The number of carbonyl (C=O) groups is 6. The number of hydrogen-bond acceptors (Lipinski definition) is 11. The first-order valence-corrected chi connectivity index (χ1v) is 20.3. The minimum atomic E-state index is -1.23. The number of aliphatic hydroxyl groups excluding tert-OH is 1. The molecule has 1 heterocycles. The largest absolute Gasteiger partial charge is 0.508 e. The van der Waals surface area contributed by atoms with Crippen molar-refractivity contribution in [3.63, 3.8) is 0 Å². The average molecular weight is 848 g/mol. The second-order valence-electron chi connectivity index (χ2n) is 14.8. The van der Waals surface area contributed by atoms with E-state index in [9.17, 15) is 39.0 Å². The summed E-state index contributed by atoms with van der Waals surface area (Å²) in [5.41, 5.74) is 16.4. The standard InChI is InChI=1S/C36H54N8O8.C8H11N/c1-23(46)32(39-2)35(51)43-29(20-24-9-5-4-6-10-24)36(52)44(3)30(16-18-38)34(50)42-28(19-25-12-14-27(47)15-13-25)33(49)40-21-31(48)41-26(22-45)11-7-8-17-37;1-4-8-6(2)5-9-7(8)3/h4-6,9-10,12-15,22-23,26,28-30,32,39,46-47H,7-8,11,16-21,37-38H2,1-3H3,(H,40,49)(H,41,48)(H,42,50)(H,43,51);4-5,9H,1H2,2-3H3. The highest BCUT2D eigenvalue weighted by Gasteiger charge is 2.35. The molecule has 0 aliphatic rings. The molecule has 3 rings (SSSR count). The second-order valence-corrected chi connectivity index (χ2v) is 14.8. The Kier molecular flexibility index (Phi) is 22.7. The molecule has 5 amide bonds. The number of nitrogens with two attached hydrogens (primary N) is 2. The topological polar surface area (TPSA) is 274 Å². The van der Waals surface area contributed by atoms with Crippen LogP contribution in [0.4, 0.5) is 0 Å². The predicted molar refractivity (Wildman–Crippen MR) is 235 cm³/mol. The van der Waals surface area contributed by atoms with Crippen molar-refractivity contribution in [3.8, 4) is 5.75 Å². The maximum atomic E-state index is 14.0. The number of amides is 5. The van der Waals surface area contributed by atoms with Crippen LogP contribution in [-0.2, 0) is 41.6 Å². The minimum Gasteiger partial charge on any atom is -0.508 e. The number of carbonyl (C=O) groups excluding carboxylic acids is 6. The molecule has 0 saturated heterocycles. The molecule has 61 heavy (non-hydrogen) atoms. The Morgan fingerprint density at radius 3 is 2.00 bits per heavy atom. The van der Waals surface area contributed by atoms with E-state index in [1.54, 1.807) is 42.5 Å². The lowest BCUT2D eigenvalue weighted by atomic mass is 10.0. The van der Waals surface area contributed by atoms with Crippen LogP contribution in [0.5, 0.6) is 5.75 Å². The zero-order valence-electron chi connectivity index (χ0n) is 35.9. The van der Waals surface area contributed by atoms with Crippen LogP contribution in [0.25, 0.3) is 6.08 Å². The van der Waals surface area contributed by atoms with Gasteiger partial charge in [-0.25, -0.2) is 0 Å². The molecule has 6 atom stereocenters. The van der Waals surface area contributed by atoms with Gasteiger partial charge >= 0.3 is 0 Å². The molecule has 12 N–H and O–H groups in total. The number of unbranched alkanes of at least 4 members (excludes halogenated alkanes) is 1. The first-order valence-electron chi connectivity index (χ1n) is 20.3. The van der Waals surface area contributed by atoms with Gasteiger partial charge in [0.1, 0.15) is 36.2 Å². The number of aliphatic hydroxyl groups is 1. The van der Waals surface area contributed by atoms with Crippen molar-refractivity contribution >= 4 is 41.9 Å². The van der Waals surface area contributed by atoms with E-state index in [0.717, 1.165) is 5.56 Å². The Labute approximate surface area is 358 Å². The number of aromatic hydroxyl groups is 1. The first kappa shape index (κ1) is 51.3. The molecule has 0 fully saturated rings. The summed E-state index contributed by atoms with van der Waals surface area (Å²) in [7, 11) is 2.90. The summed E-state index contributed by atoms with van der Waals surface area (Å²) in [5, 5.41) is 33.0. The van der Waals surface area contributed by atoms with Gasteiger partial charge in [-0.05, 0) is 101 Å². The lowest BCUT2D eigenvalue weighted by molar-refractivity contribution is -0.143. The van der Waals surface area contributed by atoms with E-state index >= 15 is 0 Å². The molecule has 1 aromatic heterocycles. The molecule has 334 valence electrons. The van der Waals surface area contributed by atoms with E-state index in [1.165, 1.54) is 54.9 Å². The number of phenols is 1. The fraction of sp³-hybridized carbons (Fsp3) is 0.455. The number of nitrogens with zero attached hydrogens (tertiary/aromatic N) is 1. The third-order valence-corrected chi connectivity index (χ3v) is 9.98. The summed E-state index contributed by atoms with van der Waals surface area (Å²) in [6.45, 7) is 9.22. The molecule has 17 nitrogen and oxygen atoms in total. The number of aldehydes is 1. The Morgan fingerprint density at radius 2 is 1.48 bits per heavy atom. The number of aromatic nitrogens is 1. The lowest BCUT2D eigenvalue weighted by Gasteiger charge is -2.32. The number of aromatic amines is 1. The van der Waals surface area contributed by atoms with Gasteiger partial charge in [0, 0.05) is 31.8 Å². The van der Waals surface area contributed by atoms with E-state index in [-0.39, 0.29) is 31.6 Å². The summed E-state index contributed by atoms with van der Waals surface area (Å²) in [6, 6.07) is 9.62. The van der Waals surface area contributed by atoms with Gasteiger partial charge in [-0.2, -0.15) is 0 Å². The minimum absolute atomic E-state index is 0.0000850. The molecule has 0 radical (unpaired) electrons. The van der Waals surface area contributed by atoms with Crippen molar-refractivity contribution in [2.75, 3.05) is 33.7 Å². The maximum Gasteiger partial charge on any atom is 0.245 e. The van der Waals surface area contributed by atoms with Crippen LogP contribution in [0.15, 0.2) is 67.4 Å². The monoisotopic (exact) mass is 847 g/mol. The number of nitrogens with one attached hydrogen (secondary N) is 6. The van der Waals surface area contributed by atoms with Crippen molar-refractivity contribution in [1.82, 2.24) is 36.5 Å². The van der Waals surface area contributed by atoms with Crippen molar-refractivity contribution in [2.45, 2.75) is 95.6 Å². The van der Waals surface area contributed by atoms with Crippen LogP contribution in [0.3, 0.4) is 0 Å². The number of phenolic OH excluding ortho intramolecular Hbond substituents is 1. The van der Waals surface area contributed by atoms with Gasteiger partial charge in [-0.1, -0.05) is 55.1 Å². The number of rotatable bonds is 24. The summed E-state index contributed by atoms with van der Waals surface area (Å²) < 4.78 is 0. The molecule has 0 spiro atoms. The zero-order chi connectivity index (χ0) is 45.5. The molecule has 3 aromatic rings. The normalized spacial score (nSPS) is 13.7. The highest BCUT2D eigenvalue weighted by molar-refractivity contribution is 5.95. The van der Waals surface area contributed by atoms with Crippen molar-refractivity contribution in [1.29, 1.82) is 0 Å². The van der Waals surface area contributed by atoms with Gasteiger partial charge in [0.25, 0.3) is 0 Å². The predicted octanol–water partition coefficient (Wildman–Crippen LogP) is 0.495. The van der Waals surface area contributed by atoms with Gasteiger partial charge in [-0.15, -0.1) is 0 Å². The molecule has 0 bridgehead atoms. The Bertz CT molecular complexity index is 1830. The lowest BCUT2D eigenvalue weighted by Crippen LogP contribution is -2.60. The van der Waals surface area contributed by atoms with Crippen molar-refractivity contribution in [3.05, 3.63) is 95.3 Å². The number of likely N-dealkylation sites (N-methyl/N-ethyl adjacent to an activating group) is 2. The Balaban J connectivity index is 0.00000125. The first-order chi connectivity index (χ1) is 29.1. The summed E-state index contributed by atoms with van der Waals surface area (Å²) >= 11 is 0.